The van der Waals surface area contributed by atoms with Gasteiger partial charge < -0.3 is 15.0 Å². The molecule has 19 heavy (non-hydrogen) atoms. The van der Waals surface area contributed by atoms with Gasteiger partial charge in [0, 0.05) is 25.4 Å². The minimum absolute atomic E-state index is 0.390. The summed E-state index contributed by atoms with van der Waals surface area (Å²) < 4.78 is 5.51. The van der Waals surface area contributed by atoms with Gasteiger partial charge in [0.15, 0.2) is 0 Å². The molecule has 1 fully saturated rings. The van der Waals surface area contributed by atoms with Crippen molar-refractivity contribution in [2.45, 2.75) is 38.8 Å². The second kappa shape index (κ2) is 6.92. The van der Waals surface area contributed by atoms with Crippen molar-refractivity contribution in [3.8, 4) is 0 Å². The number of nitrogens with one attached hydrogen (secondary N) is 1. The summed E-state index contributed by atoms with van der Waals surface area (Å²) >= 11 is 0. The molecule has 0 saturated carbocycles. The number of nitrogens with zero attached hydrogens (tertiary/aromatic N) is 1. The number of rotatable bonds is 6. The summed E-state index contributed by atoms with van der Waals surface area (Å²) in [7, 11) is 2.19. The highest BCUT2D eigenvalue weighted by molar-refractivity contribution is 5.55. The van der Waals surface area contributed by atoms with Crippen LogP contribution in [0.2, 0.25) is 0 Å². The van der Waals surface area contributed by atoms with Gasteiger partial charge in [-0.3, -0.25) is 0 Å². The average molecular weight is 262 g/mol. The number of para-hydroxylation sites is 1. The van der Waals surface area contributed by atoms with Crippen molar-refractivity contribution in [2.75, 3.05) is 31.7 Å². The highest BCUT2D eigenvalue weighted by Crippen LogP contribution is 2.28. The molecule has 1 aliphatic heterocycles. The molecule has 1 aromatic rings. The van der Waals surface area contributed by atoms with E-state index in [1.165, 1.54) is 17.7 Å². The van der Waals surface area contributed by atoms with E-state index >= 15 is 0 Å². The number of hydrogen-bond acceptors (Lipinski definition) is 3. The first-order chi connectivity index (χ1) is 9.24. The van der Waals surface area contributed by atoms with Gasteiger partial charge in [-0.1, -0.05) is 25.1 Å². The van der Waals surface area contributed by atoms with Crippen LogP contribution in [0.15, 0.2) is 24.3 Å². The molecule has 2 atom stereocenters. The highest BCUT2D eigenvalue weighted by atomic mass is 16.5. The lowest BCUT2D eigenvalue weighted by Crippen LogP contribution is -2.33. The van der Waals surface area contributed by atoms with E-state index in [2.05, 4.69) is 55.4 Å². The summed E-state index contributed by atoms with van der Waals surface area (Å²) in [5.74, 6) is 0. The number of anilines is 1. The molecule has 1 saturated heterocycles. The lowest BCUT2D eigenvalue weighted by molar-refractivity contribution is 0.193. The van der Waals surface area contributed by atoms with Gasteiger partial charge in [0.05, 0.1) is 12.6 Å². The Hall–Kier alpha value is -1.06. The van der Waals surface area contributed by atoms with Gasteiger partial charge in [-0.25, -0.2) is 0 Å². The van der Waals surface area contributed by atoms with Crippen LogP contribution in [0.25, 0.3) is 0 Å². The second-order valence-electron chi connectivity index (χ2n) is 5.36. The molecule has 0 aliphatic carbocycles. The molecule has 0 amide bonds. The van der Waals surface area contributed by atoms with Crippen LogP contribution in [0.3, 0.4) is 0 Å². The number of benzene rings is 1. The van der Waals surface area contributed by atoms with E-state index in [0.29, 0.717) is 12.1 Å². The standard InChI is InChI=1S/C16H26N2O/c1-4-10-17-13(2)15-7-5-6-8-16(15)18(3)14-9-11-19-12-14/h5-8,13-14,17H,4,9-12H2,1-3H3. The van der Waals surface area contributed by atoms with Crippen LogP contribution >= 0.6 is 0 Å². The monoisotopic (exact) mass is 262 g/mol. The molecular formula is C16H26N2O. The molecule has 1 heterocycles. The third-order valence-electron chi connectivity index (χ3n) is 3.94. The topological polar surface area (TPSA) is 24.5 Å². The molecule has 3 heteroatoms. The maximum absolute atomic E-state index is 5.51. The summed E-state index contributed by atoms with van der Waals surface area (Å²) in [5.41, 5.74) is 2.71. The van der Waals surface area contributed by atoms with Crippen molar-refractivity contribution < 1.29 is 4.74 Å². The van der Waals surface area contributed by atoms with Gasteiger partial charge in [0.1, 0.15) is 0 Å². The summed E-state index contributed by atoms with van der Waals surface area (Å²) in [4.78, 5) is 2.38. The van der Waals surface area contributed by atoms with Crippen LogP contribution in [-0.2, 0) is 4.74 Å². The van der Waals surface area contributed by atoms with E-state index in [4.69, 9.17) is 4.74 Å². The molecule has 0 bridgehead atoms. The van der Waals surface area contributed by atoms with Crippen LogP contribution < -0.4 is 10.2 Å². The minimum atomic E-state index is 0.390. The quantitative estimate of drug-likeness (QED) is 0.853. The Bertz CT molecular complexity index is 388. The molecular weight excluding hydrogens is 236 g/mol. The van der Waals surface area contributed by atoms with Gasteiger partial charge in [-0.15, -0.1) is 0 Å². The van der Waals surface area contributed by atoms with Crippen molar-refractivity contribution in [1.29, 1.82) is 0 Å². The van der Waals surface area contributed by atoms with Crippen molar-refractivity contribution >= 4 is 5.69 Å². The molecule has 2 unspecified atom stereocenters. The first kappa shape index (κ1) is 14.4. The fourth-order valence-electron chi connectivity index (χ4n) is 2.67. The van der Waals surface area contributed by atoms with E-state index in [0.717, 1.165) is 26.2 Å². The maximum atomic E-state index is 5.51. The summed E-state index contributed by atoms with van der Waals surface area (Å²) in [5, 5.41) is 3.58. The van der Waals surface area contributed by atoms with E-state index in [9.17, 15) is 0 Å². The molecule has 2 rings (SSSR count). The first-order valence-corrected chi connectivity index (χ1v) is 7.37. The third-order valence-corrected chi connectivity index (χ3v) is 3.94. The van der Waals surface area contributed by atoms with Crippen molar-refractivity contribution in [3.63, 3.8) is 0 Å². The van der Waals surface area contributed by atoms with Gasteiger partial charge in [-0.05, 0) is 37.9 Å². The first-order valence-electron chi connectivity index (χ1n) is 7.37. The van der Waals surface area contributed by atoms with Crippen molar-refractivity contribution in [1.82, 2.24) is 5.32 Å². The number of hydrogen-bond donors (Lipinski definition) is 1. The highest BCUT2D eigenvalue weighted by Gasteiger charge is 2.23. The van der Waals surface area contributed by atoms with Crippen LogP contribution in [0.4, 0.5) is 5.69 Å². The predicted molar refractivity (Wildman–Crippen MR) is 80.8 cm³/mol. The molecule has 0 radical (unpaired) electrons. The SMILES string of the molecule is CCCNC(C)c1ccccc1N(C)C1CCOC1. The zero-order valence-corrected chi connectivity index (χ0v) is 12.4. The summed E-state index contributed by atoms with van der Waals surface area (Å²) in [6.45, 7) is 7.25. The van der Waals surface area contributed by atoms with Crippen LogP contribution in [-0.4, -0.2) is 32.8 Å². The molecule has 106 valence electrons. The Morgan fingerprint density at radius 2 is 2.21 bits per heavy atom. The fourth-order valence-corrected chi connectivity index (χ4v) is 2.67. The Morgan fingerprint density at radius 3 is 2.89 bits per heavy atom. The number of ether oxygens (including phenoxy) is 1. The molecule has 1 aromatic carbocycles. The second-order valence-corrected chi connectivity index (χ2v) is 5.36. The Morgan fingerprint density at radius 1 is 1.42 bits per heavy atom. The molecule has 0 spiro atoms. The van der Waals surface area contributed by atoms with Gasteiger partial charge in [0.25, 0.3) is 0 Å². The van der Waals surface area contributed by atoms with E-state index in [1.807, 2.05) is 0 Å². The van der Waals surface area contributed by atoms with E-state index in [1.54, 1.807) is 0 Å². The molecule has 1 aliphatic rings. The van der Waals surface area contributed by atoms with E-state index in [-0.39, 0.29) is 0 Å². The van der Waals surface area contributed by atoms with Gasteiger partial charge in [-0.2, -0.15) is 0 Å². The minimum Gasteiger partial charge on any atom is -0.379 e. The lowest BCUT2D eigenvalue weighted by Gasteiger charge is -2.29. The lowest BCUT2D eigenvalue weighted by atomic mass is 10.0. The molecule has 0 aromatic heterocycles. The summed E-state index contributed by atoms with van der Waals surface area (Å²) in [6.07, 6.45) is 2.29. The average Bonchev–Trinajstić information content (AvgIpc) is 2.98. The smallest absolute Gasteiger partial charge is 0.0670 e. The van der Waals surface area contributed by atoms with Crippen molar-refractivity contribution in [2.24, 2.45) is 0 Å². The maximum Gasteiger partial charge on any atom is 0.0670 e. The molecule has 3 nitrogen and oxygen atoms in total. The van der Waals surface area contributed by atoms with Gasteiger partial charge >= 0.3 is 0 Å². The zero-order valence-electron chi connectivity index (χ0n) is 12.4. The number of likely N-dealkylation sites (N-methyl/N-ethyl adjacent to an activating group) is 1. The fraction of sp³-hybridized carbons (Fsp3) is 0.625. The largest absolute Gasteiger partial charge is 0.379 e. The van der Waals surface area contributed by atoms with E-state index < -0.39 is 0 Å². The predicted octanol–water partition coefficient (Wildman–Crippen LogP) is 2.97. The normalized spacial score (nSPS) is 20.5. The van der Waals surface area contributed by atoms with Crippen molar-refractivity contribution in [3.05, 3.63) is 29.8 Å². The van der Waals surface area contributed by atoms with Crippen LogP contribution in [0.1, 0.15) is 38.3 Å². The zero-order chi connectivity index (χ0) is 13.7. The Labute approximate surface area is 116 Å². The Kier molecular flexibility index (Phi) is 5.23. The van der Waals surface area contributed by atoms with Gasteiger partial charge in [0.2, 0.25) is 0 Å². The third kappa shape index (κ3) is 3.48. The van der Waals surface area contributed by atoms with Crippen LogP contribution in [0.5, 0.6) is 0 Å². The molecule has 1 N–H and O–H groups in total. The Balaban J connectivity index is 2.14. The van der Waals surface area contributed by atoms with Crippen LogP contribution in [0, 0.1) is 0 Å². The summed E-state index contributed by atoms with van der Waals surface area (Å²) in [6, 6.07) is 9.60.